The van der Waals surface area contributed by atoms with E-state index in [0.29, 0.717) is 11.7 Å². The SMILES string of the molecule is [2H]C([2H])(Nc1cc(C2CC2)ncn1)c1cnc2[nH]c(C(F)(F)F)cc2c1. The Morgan fingerprint density at radius 1 is 1.21 bits per heavy atom. The molecular formula is C16H14F3N5. The monoisotopic (exact) mass is 335 g/mol. The third-order valence-corrected chi connectivity index (χ3v) is 3.79. The molecule has 3 aromatic rings. The number of pyridine rings is 1. The third kappa shape index (κ3) is 3.04. The van der Waals surface area contributed by atoms with Gasteiger partial charge in [-0.05, 0) is 30.5 Å². The summed E-state index contributed by atoms with van der Waals surface area (Å²) in [5.74, 6) is 0.708. The minimum absolute atomic E-state index is 0.0509. The molecule has 0 atom stereocenters. The van der Waals surface area contributed by atoms with Gasteiger partial charge in [0.15, 0.2) is 0 Å². The molecule has 5 nitrogen and oxygen atoms in total. The molecule has 0 unspecified atom stereocenters. The molecule has 2 N–H and O–H groups in total. The van der Waals surface area contributed by atoms with E-state index in [4.69, 9.17) is 2.74 Å². The van der Waals surface area contributed by atoms with Crippen molar-refractivity contribution in [1.29, 1.82) is 0 Å². The molecule has 1 fully saturated rings. The maximum Gasteiger partial charge on any atom is 0.431 e. The number of alkyl halides is 3. The molecule has 1 saturated carbocycles. The number of rotatable bonds is 4. The summed E-state index contributed by atoms with van der Waals surface area (Å²) in [5, 5.41) is 2.85. The summed E-state index contributed by atoms with van der Waals surface area (Å²) in [4.78, 5) is 14.3. The summed E-state index contributed by atoms with van der Waals surface area (Å²) < 4.78 is 54.8. The Morgan fingerprint density at radius 3 is 2.79 bits per heavy atom. The molecule has 0 amide bonds. The summed E-state index contributed by atoms with van der Waals surface area (Å²) >= 11 is 0. The average Bonchev–Trinajstić information content (AvgIpc) is 3.31. The fourth-order valence-electron chi connectivity index (χ4n) is 2.42. The highest BCUT2D eigenvalue weighted by atomic mass is 19.4. The molecule has 1 aliphatic carbocycles. The van der Waals surface area contributed by atoms with Crippen molar-refractivity contribution >= 4 is 16.9 Å². The lowest BCUT2D eigenvalue weighted by atomic mass is 10.2. The van der Waals surface area contributed by atoms with Crippen molar-refractivity contribution in [3.05, 3.63) is 47.7 Å². The van der Waals surface area contributed by atoms with Crippen molar-refractivity contribution in [1.82, 2.24) is 19.9 Å². The highest BCUT2D eigenvalue weighted by molar-refractivity contribution is 5.77. The number of halogens is 3. The van der Waals surface area contributed by atoms with Crippen LogP contribution in [0.4, 0.5) is 19.0 Å². The number of nitrogens with zero attached hydrogens (tertiary/aromatic N) is 3. The molecule has 8 heteroatoms. The summed E-state index contributed by atoms with van der Waals surface area (Å²) in [6.45, 7) is -2.06. The summed E-state index contributed by atoms with van der Waals surface area (Å²) in [7, 11) is 0. The summed E-state index contributed by atoms with van der Waals surface area (Å²) in [5.41, 5.74) is 0.0853. The van der Waals surface area contributed by atoms with Gasteiger partial charge in [0, 0.05) is 35.8 Å². The fraction of sp³-hybridized carbons (Fsp3) is 0.312. The van der Waals surface area contributed by atoms with Crippen LogP contribution in [0.25, 0.3) is 11.0 Å². The van der Waals surface area contributed by atoms with Gasteiger partial charge in [-0.2, -0.15) is 13.2 Å². The Morgan fingerprint density at radius 2 is 2.04 bits per heavy atom. The zero-order chi connectivity index (χ0) is 18.5. The topological polar surface area (TPSA) is 66.5 Å². The second-order valence-corrected chi connectivity index (χ2v) is 5.69. The maximum absolute atomic E-state index is 12.8. The van der Waals surface area contributed by atoms with Gasteiger partial charge in [0.1, 0.15) is 23.5 Å². The van der Waals surface area contributed by atoms with E-state index in [-0.39, 0.29) is 16.6 Å². The average molecular weight is 335 g/mol. The number of H-pyrrole nitrogens is 1. The summed E-state index contributed by atoms with van der Waals surface area (Å²) in [6.07, 6.45) is 0.167. The van der Waals surface area contributed by atoms with Crippen molar-refractivity contribution in [2.45, 2.75) is 31.4 Å². The summed E-state index contributed by atoms with van der Waals surface area (Å²) in [6, 6.07) is 3.95. The van der Waals surface area contributed by atoms with Gasteiger partial charge >= 0.3 is 6.18 Å². The van der Waals surface area contributed by atoms with Gasteiger partial charge in [-0.3, -0.25) is 0 Å². The number of aromatic nitrogens is 4. The standard InChI is InChI=1S/C16H14F3N5/c17-16(18,19)13-4-11-3-9(7-21-15(11)24-13)6-20-14-5-12(10-1-2-10)22-8-23-14/h3-5,7-8,10H,1-2,6H2,(H,21,24)(H,20,22,23)/i6D2. The number of fused-ring (bicyclic) bond motifs is 1. The quantitative estimate of drug-likeness (QED) is 0.760. The smallest absolute Gasteiger partial charge is 0.366 e. The molecule has 24 heavy (non-hydrogen) atoms. The molecular weight excluding hydrogens is 319 g/mol. The molecule has 3 aromatic heterocycles. The van der Waals surface area contributed by atoms with Crippen LogP contribution in [-0.2, 0) is 12.7 Å². The van der Waals surface area contributed by atoms with Crippen LogP contribution in [0.5, 0.6) is 0 Å². The lowest BCUT2D eigenvalue weighted by molar-refractivity contribution is -0.140. The number of hydrogen-bond donors (Lipinski definition) is 2. The minimum Gasteiger partial charge on any atom is -0.366 e. The van der Waals surface area contributed by atoms with Crippen molar-refractivity contribution in [3.63, 3.8) is 0 Å². The van der Waals surface area contributed by atoms with Gasteiger partial charge in [-0.15, -0.1) is 0 Å². The van der Waals surface area contributed by atoms with E-state index in [1.807, 2.05) is 0 Å². The zero-order valence-electron chi connectivity index (χ0n) is 14.4. The van der Waals surface area contributed by atoms with Crippen LogP contribution in [-0.4, -0.2) is 19.9 Å². The van der Waals surface area contributed by atoms with E-state index in [1.54, 1.807) is 6.07 Å². The van der Waals surface area contributed by atoms with Crippen LogP contribution in [0.15, 0.2) is 30.7 Å². The molecule has 0 radical (unpaired) electrons. The predicted molar refractivity (Wildman–Crippen MR) is 82.4 cm³/mol. The first-order valence-corrected chi connectivity index (χ1v) is 7.39. The second-order valence-electron chi connectivity index (χ2n) is 5.69. The largest absolute Gasteiger partial charge is 0.431 e. The lowest BCUT2D eigenvalue weighted by Crippen LogP contribution is -2.04. The first kappa shape index (κ1) is 12.7. The Kier molecular flexibility index (Phi) is 2.90. The second kappa shape index (κ2) is 5.47. The van der Waals surface area contributed by atoms with E-state index in [1.165, 1.54) is 18.6 Å². The molecule has 0 spiro atoms. The zero-order valence-corrected chi connectivity index (χ0v) is 12.4. The van der Waals surface area contributed by atoms with E-state index < -0.39 is 18.4 Å². The van der Waals surface area contributed by atoms with Crippen LogP contribution >= 0.6 is 0 Å². The van der Waals surface area contributed by atoms with Gasteiger partial charge in [0.25, 0.3) is 0 Å². The van der Waals surface area contributed by atoms with Gasteiger partial charge in [-0.25, -0.2) is 15.0 Å². The van der Waals surface area contributed by atoms with Crippen LogP contribution in [0.1, 0.15) is 38.5 Å². The molecule has 0 aromatic carbocycles. The van der Waals surface area contributed by atoms with Gasteiger partial charge < -0.3 is 10.3 Å². The van der Waals surface area contributed by atoms with Crippen LogP contribution < -0.4 is 5.32 Å². The Balaban J connectivity index is 1.63. The van der Waals surface area contributed by atoms with E-state index in [9.17, 15) is 13.2 Å². The number of anilines is 1. The highest BCUT2D eigenvalue weighted by Gasteiger charge is 2.32. The predicted octanol–water partition coefficient (Wildman–Crippen LogP) is 3.86. The normalized spacial score (nSPS) is 16.8. The van der Waals surface area contributed by atoms with Crippen LogP contribution in [0.2, 0.25) is 0 Å². The van der Waals surface area contributed by atoms with Gasteiger partial charge in [0.05, 0.1) is 2.74 Å². The fourth-order valence-corrected chi connectivity index (χ4v) is 2.42. The van der Waals surface area contributed by atoms with E-state index in [2.05, 4.69) is 25.3 Å². The first-order chi connectivity index (χ1) is 12.2. The highest BCUT2D eigenvalue weighted by Crippen LogP contribution is 2.39. The molecule has 1 aliphatic rings. The molecule has 4 rings (SSSR count). The van der Waals surface area contributed by atoms with Crippen molar-refractivity contribution in [3.8, 4) is 0 Å². The van der Waals surface area contributed by atoms with E-state index in [0.717, 1.165) is 24.6 Å². The minimum atomic E-state index is -4.52. The molecule has 3 heterocycles. The van der Waals surface area contributed by atoms with E-state index >= 15 is 0 Å². The molecule has 0 bridgehead atoms. The van der Waals surface area contributed by atoms with Crippen LogP contribution in [0, 0.1) is 0 Å². The molecule has 124 valence electrons. The number of aromatic amines is 1. The molecule has 0 saturated heterocycles. The number of nitrogens with one attached hydrogen (secondary N) is 2. The Hall–Kier alpha value is -2.64. The van der Waals surface area contributed by atoms with Gasteiger partial charge in [-0.1, -0.05) is 0 Å². The van der Waals surface area contributed by atoms with Crippen molar-refractivity contribution in [2.75, 3.05) is 5.32 Å². The number of hydrogen-bond acceptors (Lipinski definition) is 4. The molecule has 0 aliphatic heterocycles. The third-order valence-electron chi connectivity index (χ3n) is 3.79. The first-order valence-electron chi connectivity index (χ1n) is 8.39. The van der Waals surface area contributed by atoms with Gasteiger partial charge in [0.2, 0.25) is 0 Å². The lowest BCUT2D eigenvalue weighted by Gasteiger charge is -2.06. The Bertz CT molecular complexity index is 966. The van der Waals surface area contributed by atoms with Crippen LogP contribution in [0.3, 0.4) is 0 Å². The maximum atomic E-state index is 12.8. The Labute approximate surface area is 138 Å². The van der Waals surface area contributed by atoms with Crippen molar-refractivity contribution in [2.24, 2.45) is 0 Å². The van der Waals surface area contributed by atoms with Crippen molar-refractivity contribution < 1.29 is 15.9 Å².